The van der Waals surface area contributed by atoms with Crippen LogP contribution in [0.4, 0.5) is 0 Å². The Kier molecular flexibility index (Phi) is 7.55. The summed E-state index contributed by atoms with van der Waals surface area (Å²) in [5.74, 6) is -0.643. The zero-order chi connectivity index (χ0) is 22.4. The maximum atomic E-state index is 12.6. The fraction of sp³-hybridized carbons (Fsp3) is 0.474. The van der Waals surface area contributed by atoms with Crippen LogP contribution >= 0.6 is 11.8 Å². The molecule has 1 aromatic carbocycles. The van der Waals surface area contributed by atoms with Crippen LogP contribution in [0.15, 0.2) is 40.3 Å². The number of H-pyrrole nitrogens is 1. The number of carbonyl (C=O) groups excluding carboxylic acids is 2. The van der Waals surface area contributed by atoms with Crippen molar-refractivity contribution in [3.63, 3.8) is 0 Å². The van der Waals surface area contributed by atoms with Crippen molar-refractivity contribution in [1.29, 1.82) is 0 Å². The third kappa shape index (κ3) is 6.44. The van der Waals surface area contributed by atoms with Crippen LogP contribution in [0, 0.1) is 0 Å². The number of nitrogens with zero attached hydrogens (tertiary/aromatic N) is 3. The summed E-state index contributed by atoms with van der Waals surface area (Å²) in [7, 11) is -3.09. The van der Waals surface area contributed by atoms with Crippen molar-refractivity contribution in [2.75, 3.05) is 30.3 Å². The van der Waals surface area contributed by atoms with Gasteiger partial charge in [-0.1, -0.05) is 42.1 Å². The minimum absolute atomic E-state index is 0.0119. The Labute approximate surface area is 184 Å². The van der Waals surface area contributed by atoms with E-state index in [1.165, 1.54) is 9.47 Å². The molecule has 1 atom stereocenters. The molecule has 2 N–H and O–H groups in total. The van der Waals surface area contributed by atoms with E-state index in [1.807, 2.05) is 30.3 Å². The second kappa shape index (κ2) is 10.1. The Morgan fingerprint density at radius 3 is 2.71 bits per heavy atom. The Morgan fingerprint density at radius 2 is 2.06 bits per heavy atom. The van der Waals surface area contributed by atoms with Crippen molar-refractivity contribution >= 4 is 33.4 Å². The number of aromatic amines is 1. The summed E-state index contributed by atoms with van der Waals surface area (Å²) in [6.45, 7) is 2.27. The molecular formula is C19H25N5O5S2. The summed E-state index contributed by atoms with van der Waals surface area (Å²) in [6, 6.07) is 9.02. The van der Waals surface area contributed by atoms with Gasteiger partial charge in [0.1, 0.15) is 0 Å². The van der Waals surface area contributed by atoms with Crippen molar-refractivity contribution in [2.24, 2.45) is 0 Å². The Balaban J connectivity index is 1.54. The van der Waals surface area contributed by atoms with Crippen LogP contribution < -0.4 is 11.0 Å². The van der Waals surface area contributed by atoms with E-state index in [9.17, 15) is 22.8 Å². The van der Waals surface area contributed by atoms with E-state index in [2.05, 4.69) is 15.5 Å². The number of likely N-dealkylation sites (N-methyl/N-ethyl adjacent to an activating group) is 1. The normalized spacial score (nSPS) is 17.4. The lowest BCUT2D eigenvalue weighted by atomic mass is 10.2. The molecule has 31 heavy (non-hydrogen) atoms. The highest BCUT2D eigenvalue weighted by molar-refractivity contribution is 7.99. The van der Waals surface area contributed by atoms with Crippen molar-refractivity contribution in [1.82, 2.24) is 25.0 Å². The lowest BCUT2D eigenvalue weighted by Gasteiger charge is -2.21. The van der Waals surface area contributed by atoms with Gasteiger partial charge in [-0.15, -0.1) is 5.10 Å². The lowest BCUT2D eigenvalue weighted by Crippen LogP contribution is -2.45. The summed E-state index contributed by atoms with van der Waals surface area (Å²) in [5, 5.41) is 9.47. The van der Waals surface area contributed by atoms with Gasteiger partial charge in [0.15, 0.2) is 15.0 Å². The van der Waals surface area contributed by atoms with Gasteiger partial charge in [0, 0.05) is 12.6 Å². The van der Waals surface area contributed by atoms with Crippen molar-refractivity contribution < 1.29 is 18.0 Å². The van der Waals surface area contributed by atoms with Crippen LogP contribution in [0.5, 0.6) is 0 Å². The Hall–Kier alpha value is -2.60. The molecule has 2 aromatic rings. The molecule has 3 rings (SSSR count). The predicted molar refractivity (Wildman–Crippen MR) is 117 cm³/mol. The molecule has 10 nitrogen and oxygen atoms in total. The molecule has 0 saturated carbocycles. The first kappa shape index (κ1) is 23.1. The Morgan fingerprint density at radius 1 is 1.32 bits per heavy atom. The molecule has 2 heterocycles. The smallest absolute Gasteiger partial charge is 0.344 e. The fourth-order valence-electron chi connectivity index (χ4n) is 3.27. The van der Waals surface area contributed by atoms with Crippen LogP contribution in [-0.2, 0) is 26.0 Å². The first-order valence-electron chi connectivity index (χ1n) is 9.87. The van der Waals surface area contributed by atoms with E-state index in [0.717, 1.165) is 17.3 Å². The van der Waals surface area contributed by atoms with E-state index in [1.54, 1.807) is 6.92 Å². The number of carbonyl (C=O) groups is 2. The average molecular weight is 468 g/mol. The van der Waals surface area contributed by atoms with Gasteiger partial charge in [0.05, 0.1) is 30.3 Å². The number of nitrogens with one attached hydrogen (secondary N) is 2. The number of hydrogen-bond donors (Lipinski definition) is 2. The van der Waals surface area contributed by atoms with Crippen molar-refractivity contribution in [2.45, 2.75) is 31.1 Å². The number of hydrogen-bond acceptors (Lipinski definition) is 7. The van der Waals surface area contributed by atoms with Gasteiger partial charge < -0.3 is 10.2 Å². The molecule has 12 heteroatoms. The minimum Gasteiger partial charge on any atom is -0.351 e. The summed E-state index contributed by atoms with van der Waals surface area (Å²) >= 11 is 1.12. The van der Waals surface area contributed by atoms with Crippen LogP contribution in [-0.4, -0.2) is 76.3 Å². The van der Waals surface area contributed by atoms with E-state index in [-0.39, 0.29) is 41.3 Å². The van der Waals surface area contributed by atoms with Gasteiger partial charge in [-0.05, 0) is 18.9 Å². The molecule has 1 aliphatic rings. The van der Waals surface area contributed by atoms with Gasteiger partial charge in [-0.3, -0.25) is 14.2 Å². The van der Waals surface area contributed by atoms with E-state index in [4.69, 9.17) is 0 Å². The molecule has 1 fully saturated rings. The van der Waals surface area contributed by atoms with Crippen LogP contribution in [0.2, 0.25) is 0 Å². The zero-order valence-electron chi connectivity index (χ0n) is 17.1. The van der Waals surface area contributed by atoms with Crippen LogP contribution in [0.1, 0.15) is 18.9 Å². The molecule has 1 unspecified atom stereocenters. The number of rotatable bonds is 9. The van der Waals surface area contributed by atoms with E-state index >= 15 is 0 Å². The standard InChI is InChI=1S/C19H25N5O5S2/c1-2-23(11-16(25)20-15-8-9-31(28,29)13-15)17(26)12-30-19-22-21-18(27)24(19)10-14-6-4-3-5-7-14/h3-7,15H,2,8-13H2,1H3,(H,20,25)(H,21,27). The maximum Gasteiger partial charge on any atom is 0.344 e. The topological polar surface area (TPSA) is 134 Å². The van der Waals surface area contributed by atoms with Gasteiger partial charge in [-0.25, -0.2) is 18.3 Å². The van der Waals surface area contributed by atoms with Gasteiger partial charge >= 0.3 is 5.69 Å². The third-order valence-corrected chi connectivity index (χ3v) is 7.63. The zero-order valence-corrected chi connectivity index (χ0v) is 18.7. The number of thioether (sulfide) groups is 1. The summed E-state index contributed by atoms with van der Waals surface area (Å²) in [5.41, 5.74) is 0.567. The van der Waals surface area contributed by atoms with Crippen molar-refractivity contribution in [3.8, 4) is 0 Å². The monoisotopic (exact) mass is 467 g/mol. The highest BCUT2D eigenvalue weighted by atomic mass is 32.2. The summed E-state index contributed by atoms with van der Waals surface area (Å²) in [4.78, 5) is 38.3. The predicted octanol–water partition coefficient (Wildman–Crippen LogP) is -0.136. The van der Waals surface area contributed by atoms with E-state index < -0.39 is 15.9 Å². The number of amides is 2. The quantitative estimate of drug-likeness (QED) is 0.490. The highest BCUT2D eigenvalue weighted by Crippen LogP contribution is 2.16. The number of sulfone groups is 1. The number of aromatic nitrogens is 3. The van der Waals surface area contributed by atoms with Crippen LogP contribution in [0.25, 0.3) is 0 Å². The molecule has 0 radical (unpaired) electrons. The van der Waals surface area contributed by atoms with Gasteiger partial charge in [0.25, 0.3) is 0 Å². The molecule has 1 saturated heterocycles. The average Bonchev–Trinajstić information content (AvgIpc) is 3.26. The molecule has 168 valence electrons. The Bertz CT molecular complexity index is 1080. The van der Waals surface area contributed by atoms with Crippen LogP contribution in [0.3, 0.4) is 0 Å². The maximum absolute atomic E-state index is 12.6. The first-order chi connectivity index (χ1) is 14.8. The van der Waals surface area contributed by atoms with E-state index in [0.29, 0.717) is 24.7 Å². The molecule has 0 aliphatic carbocycles. The summed E-state index contributed by atoms with van der Waals surface area (Å²) in [6.07, 6.45) is 0.391. The van der Waals surface area contributed by atoms with Crippen molar-refractivity contribution in [3.05, 3.63) is 46.4 Å². The van der Waals surface area contributed by atoms with Gasteiger partial charge in [0.2, 0.25) is 11.8 Å². The first-order valence-corrected chi connectivity index (χ1v) is 12.7. The largest absolute Gasteiger partial charge is 0.351 e. The second-order valence-corrected chi connectivity index (χ2v) is 10.4. The summed E-state index contributed by atoms with van der Waals surface area (Å²) < 4.78 is 24.5. The molecule has 0 spiro atoms. The fourth-order valence-corrected chi connectivity index (χ4v) is 5.79. The molecule has 0 bridgehead atoms. The lowest BCUT2D eigenvalue weighted by molar-refractivity contribution is -0.134. The highest BCUT2D eigenvalue weighted by Gasteiger charge is 2.29. The SMILES string of the molecule is CCN(CC(=O)NC1CCS(=O)(=O)C1)C(=O)CSc1n[nH]c(=O)n1Cc1ccccc1. The molecular weight excluding hydrogens is 442 g/mol. The molecule has 1 aromatic heterocycles. The van der Waals surface area contributed by atoms with Gasteiger partial charge in [-0.2, -0.15) is 0 Å². The number of benzene rings is 1. The molecule has 1 aliphatic heterocycles. The second-order valence-electron chi connectivity index (χ2n) is 7.25. The minimum atomic E-state index is -3.09. The molecule has 2 amide bonds. The third-order valence-electron chi connectivity index (χ3n) is 4.90.